The molecule has 1 saturated carbocycles. The average molecular weight is 248 g/mol. The summed E-state index contributed by atoms with van der Waals surface area (Å²) in [4.78, 5) is 27.8. The Morgan fingerprint density at radius 2 is 1.94 bits per heavy atom. The number of carbonyl (C=O) groups is 1. The second-order valence-corrected chi connectivity index (χ2v) is 5.00. The molecule has 18 heavy (non-hydrogen) atoms. The first-order chi connectivity index (χ1) is 8.68. The van der Waals surface area contributed by atoms with Gasteiger partial charge < -0.3 is 9.88 Å². The van der Waals surface area contributed by atoms with Crippen LogP contribution in [0.4, 0.5) is 0 Å². The molecule has 0 spiro atoms. The van der Waals surface area contributed by atoms with E-state index in [0.717, 1.165) is 12.8 Å². The third-order valence-electron chi connectivity index (χ3n) is 3.71. The Morgan fingerprint density at radius 3 is 2.56 bits per heavy atom. The number of aromatic nitrogens is 1. The van der Waals surface area contributed by atoms with Crippen LogP contribution in [0, 0.1) is 0 Å². The van der Waals surface area contributed by atoms with Crippen molar-refractivity contribution in [1.82, 2.24) is 9.88 Å². The molecule has 1 fully saturated rings. The number of hydrogen-bond donors (Lipinski definition) is 1. The van der Waals surface area contributed by atoms with Crippen molar-refractivity contribution in [3.8, 4) is 0 Å². The zero-order chi connectivity index (χ0) is 13.0. The minimum Gasteiger partial charge on any atom is -0.339 e. The van der Waals surface area contributed by atoms with E-state index in [4.69, 9.17) is 0 Å². The second kappa shape index (κ2) is 5.85. The maximum atomic E-state index is 12.3. The van der Waals surface area contributed by atoms with Crippen LogP contribution in [-0.2, 0) is 0 Å². The molecule has 1 heterocycles. The highest BCUT2D eigenvalue weighted by Gasteiger charge is 2.22. The van der Waals surface area contributed by atoms with Gasteiger partial charge in [-0.05, 0) is 18.9 Å². The zero-order valence-electron chi connectivity index (χ0n) is 10.8. The molecule has 0 atom stereocenters. The molecule has 1 N–H and O–H groups in total. The molecule has 1 aliphatic carbocycles. The summed E-state index contributed by atoms with van der Waals surface area (Å²) in [5, 5.41) is 0. The Morgan fingerprint density at radius 1 is 1.28 bits per heavy atom. The van der Waals surface area contributed by atoms with Crippen molar-refractivity contribution in [2.24, 2.45) is 0 Å². The SMILES string of the molecule is CN(C(=O)c1cc[nH]c(=O)c1)C1CCCCCC1. The second-order valence-electron chi connectivity index (χ2n) is 5.00. The van der Waals surface area contributed by atoms with Gasteiger partial charge in [-0.1, -0.05) is 25.7 Å². The number of pyridine rings is 1. The molecule has 98 valence electrons. The van der Waals surface area contributed by atoms with Gasteiger partial charge in [0.1, 0.15) is 0 Å². The summed E-state index contributed by atoms with van der Waals surface area (Å²) < 4.78 is 0. The van der Waals surface area contributed by atoms with Crippen LogP contribution in [0.5, 0.6) is 0 Å². The van der Waals surface area contributed by atoms with Crippen LogP contribution in [-0.4, -0.2) is 28.9 Å². The molecule has 1 aromatic rings. The van der Waals surface area contributed by atoms with E-state index in [1.807, 2.05) is 7.05 Å². The molecule has 0 radical (unpaired) electrons. The van der Waals surface area contributed by atoms with E-state index in [-0.39, 0.29) is 11.5 Å². The number of amides is 1. The maximum Gasteiger partial charge on any atom is 0.254 e. The van der Waals surface area contributed by atoms with Crippen LogP contribution in [0.15, 0.2) is 23.1 Å². The Labute approximate surface area is 107 Å². The topological polar surface area (TPSA) is 53.2 Å². The predicted octanol–water partition coefficient (Wildman–Crippen LogP) is 2.17. The highest BCUT2D eigenvalue weighted by Crippen LogP contribution is 2.22. The molecule has 1 amide bonds. The quantitative estimate of drug-likeness (QED) is 0.815. The van der Waals surface area contributed by atoms with Gasteiger partial charge >= 0.3 is 0 Å². The third kappa shape index (κ3) is 3.00. The van der Waals surface area contributed by atoms with E-state index in [1.54, 1.807) is 11.0 Å². The van der Waals surface area contributed by atoms with Gasteiger partial charge in [-0.25, -0.2) is 0 Å². The van der Waals surface area contributed by atoms with Crippen molar-refractivity contribution in [1.29, 1.82) is 0 Å². The van der Waals surface area contributed by atoms with Gasteiger partial charge in [0, 0.05) is 30.9 Å². The fraction of sp³-hybridized carbons (Fsp3) is 0.571. The van der Waals surface area contributed by atoms with Crippen molar-refractivity contribution in [2.75, 3.05) is 7.05 Å². The van der Waals surface area contributed by atoms with Crippen molar-refractivity contribution in [3.63, 3.8) is 0 Å². The van der Waals surface area contributed by atoms with Crippen molar-refractivity contribution in [3.05, 3.63) is 34.2 Å². The molecular formula is C14H20N2O2. The monoisotopic (exact) mass is 248 g/mol. The first-order valence-electron chi connectivity index (χ1n) is 6.64. The van der Waals surface area contributed by atoms with Gasteiger partial charge in [0.2, 0.25) is 5.56 Å². The Kier molecular flexibility index (Phi) is 4.18. The summed E-state index contributed by atoms with van der Waals surface area (Å²) in [5.74, 6) is -0.0481. The number of aromatic amines is 1. The highest BCUT2D eigenvalue weighted by molar-refractivity contribution is 5.94. The molecule has 2 rings (SSSR count). The number of nitrogens with zero attached hydrogens (tertiary/aromatic N) is 1. The third-order valence-corrected chi connectivity index (χ3v) is 3.71. The first-order valence-corrected chi connectivity index (χ1v) is 6.64. The normalized spacial score (nSPS) is 17.2. The minimum absolute atomic E-state index is 0.0481. The van der Waals surface area contributed by atoms with Crippen LogP contribution in [0.2, 0.25) is 0 Å². The number of H-pyrrole nitrogens is 1. The lowest BCUT2D eigenvalue weighted by molar-refractivity contribution is 0.0717. The van der Waals surface area contributed by atoms with Crippen LogP contribution < -0.4 is 5.56 Å². The van der Waals surface area contributed by atoms with E-state index >= 15 is 0 Å². The smallest absolute Gasteiger partial charge is 0.254 e. The molecule has 0 aromatic carbocycles. The summed E-state index contributed by atoms with van der Waals surface area (Å²) in [6.07, 6.45) is 8.59. The molecule has 0 saturated heterocycles. The number of hydrogen-bond acceptors (Lipinski definition) is 2. The van der Waals surface area contributed by atoms with Gasteiger partial charge in [0.15, 0.2) is 0 Å². The van der Waals surface area contributed by atoms with Crippen LogP contribution in [0.1, 0.15) is 48.9 Å². The van der Waals surface area contributed by atoms with Gasteiger partial charge in [-0.3, -0.25) is 9.59 Å². The predicted molar refractivity (Wildman–Crippen MR) is 70.6 cm³/mol. The molecule has 0 bridgehead atoms. The minimum atomic E-state index is -0.227. The van der Waals surface area contributed by atoms with Crippen molar-refractivity contribution < 1.29 is 4.79 Å². The van der Waals surface area contributed by atoms with E-state index in [2.05, 4.69) is 4.98 Å². The van der Waals surface area contributed by atoms with Crippen LogP contribution in [0.25, 0.3) is 0 Å². The van der Waals surface area contributed by atoms with Crippen molar-refractivity contribution in [2.45, 2.75) is 44.6 Å². The first kappa shape index (κ1) is 12.9. The standard InChI is InChI=1S/C14H20N2O2/c1-16(12-6-4-2-3-5-7-12)14(18)11-8-9-15-13(17)10-11/h8-10,12H,2-7H2,1H3,(H,15,17). The van der Waals surface area contributed by atoms with Gasteiger partial charge in [0.25, 0.3) is 5.91 Å². The lowest BCUT2D eigenvalue weighted by Crippen LogP contribution is -2.37. The Balaban J connectivity index is 2.10. The molecule has 1 aliphatic rings. The summed E-state index contributed by atoms with van der Waals surface area (Å²) in [5.41, 5.74) is 0.251. The Hall–Kier alpha value is -1.58. The summed E-state index contributed by atoms with van der Waals surface area (Å²) in [7, 11) is 1.85. The summed E-state index contributed by atoms with van der Waals surface area (Å²) in [6, 6.07) is 3.35. The van der Waals surface area contributed by atoms with E-state index in [9.17, 15) is 9.59 Å². The molecule has 1 aromatic heterocycles. The summed E-state index contributed by atoms with van der Waals surface area (Å²) >= 11 is 0. The van der Waals surface area contributed by atoms with E-state index in [1.165, 1.54) is 37.9 Å². The zero-order valence-corrected chi connectivity index (χ0v) is 10.8. The maximum absolute atomic E-state index is 12.3. The molecule has 4 nitrogen and oxygen atoms in total. The fourth-order valence-electron chi connectivity index (χ4n) is 2.59. The van der Waals surface area contributed by atoms with Gasteiger partial charge in [-0.2, -0.15) is 0 Å². The molecular weight excluding hydrogens is 228 g/mol. The van der Waals surface area contributed by atoms with E-state index < -0.39 is 0 Å². The lowest BCUT2D eigenvalue weighted by Gasteiger charge is -2.27. The highest BCUT2D eigenvalue weighted by atomic mass is 16.2. The van der Waals surface area contributed by atoms with Crippen molar-refractivity contribution >= 4 is 5.91 Å². The van der Waals surface area contributed by atoms with E-state index in [0.29, 0.717) is 11.6 Å². The van der Waals surface area contributed by atoms with Gasteiger partial charge in [0.05, 0.1) is 0 Å². The molecule has 0 aliphatic heterocycles. The number of nitrogens with one attached hydrogen (secondary N) is 1. The van der Waals surface area contributed by atoms with Gasteiger partial charge in [-0.15, -0.1) is 0 Å². The average Bonchev–Trinajstić information content (AvgIpc) is 2.66. The number of carbonyl (C=O) groups excluding carboxylic acids is 1. The Bertz CT molecular complexity index is 459. The summed E-state index contributed by atoms with van der Waals surface area (Å²) in [6.45, 7) is 0. The number of rotatable bonds is 2. The lowest BCUT2D eigenvalue weighted by atomic mass is 10.1. The fourth-order valence-corrected chi connectivity index (χ4v) is 2.59. The van der Waals surface area contributed by atoms with Crippen LogP contribution in [0.3, 0.4) is 0 Å². The molecule has 0 unspecified atom stereocenters. The molecule has 4 heteroatoms. The largest absolute Gasteiger partial charge is 0.339 e. The van der Waals surface area contributed by atoms with Crippen LogP contribution >= 0.6 is 0 Å².